The Kier molecular flexibility index (Phi) is 3.68. The molecule has 0 amide bonds. The third-order valence-corrected chi connectivity index (χ3v) is 7.35. The second-order valence-corrected chi connectivity index (χ2v) is 8.72. The van der Waals surface area contributed by atoms with Gasteiger partial charge in [-0.1, -0.05) is 23.8 Å². The molecule has 138 valence electrons. The Morgan fingerprint density at radius 3 is 2.48 bits per heavy atom. The van der Waals surface area contributed by atoms with Crippen LogP contribution in [0.1, 0.15) is 17.0 Å². The molecule has 1 fully saturated rings. The smallest absolute Gasteiger partial charge is 0.326 e. The maximum atomic E-state index is 13.1. The first kappa shape index (κ1) is 17.4. The van der Waals surface area contributed by atoms with Crippen molar-refractivity contribution in [3.8, 4) is 17.6 Å². The lowest BCUT2D eigenvalue weighted by Gasteiger charge is -2.05. The summed E-state index contributed by atoms with van der Waals surface area (Å²) >= 11 is 0. The van der Waals surface area contributed by atoms with E-state index in [1.807, 2.05) is 6.92 Å². The van der Waals surface area contributed by atoms with Gasteiger partial charge in [0.1, 0.15) is 5.25 Å². The Morgan fingerprint density at radius 1 is 1.19 bits per heavy atom. The van der Waals surface area contributed by atoms with Crippen LogP contribution in [0.15, 0.2) is 47.4 Å². The molecule has 2 aromatic carbocycles. The summed E-state index contributed by atoms with van der Waals surface area (Å²) in [5.41, 5.74) is -0.747. The van der Waals surface area contributed by atoms with Crippen molar-refractivity contribution >= 4 is 15.8 Å². The zero-order valence-corrected chi connectivity index (χ0v) is 15.1. The molecule has 0 spiro atoms. The number of sulfone groups is 1. The summed E-state index contributed by atoms with van der Waals surface area (Å²) in [6, 6.07) is 12.6. The van der Waals surface area contributed by atoms with E-state index in [0.717, 1.165) is 5.56 Å². The van der Waals surface area contributed by atoms with E-state index >= 15 is 0 Å². The van der Waals surface area contributed by atoms with E-state index in [1.165, 1.54) is 12.1 Å². The van der Waals surface area contributed by atoms with Crippen LogP contribution in [-0.4, -0.2) is 31.5 Å². The number of nitrogens with zero attached hydrogens (tertiary/aromatic N) is 1. The summed E-state index contributed by atoms with van der Waals surface area (Å²) in [5, 5.41) is 18.0. The van der Waals surface area contributed by atoms with E-state index in [2.05, 4.69) is 0 Å². The Balaban J connectivity index is 1.82. The number of benzene rings is 2. The number of hydrogen-bond donors (Lipinski definition) is 1. The van der Waals surface area contributed by atoms with E-state index in [0.29, 0.717) is 17.1 Å². The first-order valence-electron chi connectivity index (χ1n) is 8.17. The molecule has 27 heavy (non-hydrogen) atoms. The van der Waals surface area contributed by atoms with Crippen molar-refractivity contribution in [2.75, 3.05) is 6.79 Å². The summed E-state index contributed by atoms with van der Waals surface area (Å²) in [7, 11) is -4.03. The summed E-state index contributed by atoms with van der Waals surface area (Å²) in [5.74, 6) is -1.55. The third-order valence-electron chi connectivity index (χ3n) is 5.11. The lowest BCUT2D eigenvalue weighted by Crippen LogP contribution is -2.22. The fourth-order valence-electron chi connectivity index (χ4n) is 3.63. The number of ether oxygens (including phenoxy) is 2. The van der Waals surface area contributed by atoms with Crippen molar-refractivity contribution in [3.05, 3.63) is 53.6 Å². The molecule has 8 heteroatoms. The number of aliphatic carboxylic acids is 1. The number of nitriles is 1. The van der Waals surface area contributed by atoms with Crippen LogP contribution in [-0.2, 0) is 14.6 Å². The SMILES string of the molecule is Cc1ccc(S(=O)(=O)C2C(c3ccc4c(c3)OCO4)C2(C#N)C(=O)O)cc1. The van der Waals surface area contributed by atoms with Gasteiger partial charge in [-0.15, -0.1) is 0 Å². The molecule has 0 radical (unpaired) electrons. The topological polar surface area (TPSA) is 114 Å². The molecule has 0 aromatic heterocycles. The molecule has 7 nitrogen and oxygen atoms in total. The predicted molar refractivity (Wildman–Crippen MR) is 93.1 cm³/mol. The molecule has 3 unspecified atom stereocenters. The average Bonchev–Trinajstić information content (AvgIpc) is 3.15. The normalized spacial score (nSPS) is 25.6. The quantitative estimate of drug-likeness (QED) is 0.858. The molecular formula is C19H15NO6S. The lowest BCUT2D eigenvalue weighted by atomic mass is 10.0. The van der Waals surface area contributed by atoms with Crippen LogP contribution in [0.4, 0.5) is 0 Å². The van der Waals surface area contributed by atoms with Crippen molar-refractivity contribution in [1.82, 2.24) is 0 Å². The molecule has 1 saturated carbocycles. The van der Waals surface area contributed by atoms with Crippen molar-refractivity contribution in [1.29, 1.82) is 5.26 Å². The summed E-state index contributed by atoms with van der Waals surface area (Å²) in [4.78, 5) is 11.9. The van der Waals surface area contributed by atoms with Crippen molar-refractivity contribution in [2.45, 2.75) is 23.0 Å². The second kappa shape index (κ2) is 5.72. The van der Waals surface area contributed by atoms with Gasteiger partial charge in [0.15, 0.2) is 26.8 Å². The highest BCUT2D eigenvalue weighted by Crippen LogP contribution is 2.64. The summed E-state index contributed by atoms with van der Waals surface area (Å²) < 4.78 is 36.8. The van der Waals surface area contributed by atoms with Crippen molar-refractivity contribution in [2.24, 2.45) is 5.41 Å². The Labute approximate surface area is 155 Å². The highest BCUT2D eigenvalue weighted by atomic mass is 32.2. The maximum Gasteiger partial charge on any atom is 0.326 e. The van der Waals surface area contributed by atoms with Gasteiger partial charge in [0.2, 0.25) is 6.79 Å². The largest absolute Gasteiger partial charge is 0.480 e. The van der Waals surface area contributed by atoms with E-state index in [1.54, 1.807) is 36.4 Å². The van der Waals surface area contributed by atoms with Gasteiger partial charge in [0.25, 0.3) is 0 Å². The Morgan fingerprint density at radius 2 is 1.85 bits per heavy atom. The van der Waals surface area contributed by atoms with Gasteiger partial charge < -0.3 is 14.6 Å². The number of carboxylic acid groups (broad SMARTS) is 1. The monoisotopic (exact) mass is 385 g/mol. The molecular weight excluding hydrogens is 370 g/mol. The molecule has 2 aromatic rings. The molecule has 0 bridgehead atoms. The van der Waals surface area contributed by atoms with Gasteiger partial charge in [0, 0.05) is 5.92 Å². The molecule has 1 aliphatic carbocycles. The third kappa shape index (κ3) is 2.39. The van der Waals surface area contributed by atoms with Gasteiger partial charge in [0.05, 0.1) is 11.0 Å². The first-order chi connectivity index (χ1) is 12.8. The van der Waals surface area contributed by atoms with Gasteiger partial charge in [-0.3, -0.25) is 4.79 Å². The predicted octanol–water partition coefficient (Wildman–Crippen LogP) is 2.26. The Hall–Kier alpha value is -3.05. The maximum absolute atomic E-state index is 13.1. The number of hydrogen-bond acceptors (Lipinski definition) is 6. The number of carboxylic acids is 1. The summed E-state index contributed by atoms with van der Waals surface area (Å²) in [6.07, 6.45) is 0. The highest BCUT2D eigenvalue weighted by molar-refractivity contribution is 7.92. The second-order valence-electron chi connectivity index (χ2n) is 6.66. The fourth-order valence-corrected chi connectivity index (χ4v) is 5.88. The molecule has 0 saturated heterocycles. The van der Waals surface area contributed by atoms with Gasteiger partial charge >= 0.3 is 5.97 Å². The first-order valence-corrected chi connectivity index (χ1v) is 9.72. The number of aryl methyl sites for hydroxylation is 1. The van der Waals surface area contributed by atoms with Crippen LogP contribution in [0.3, 0.4) is 0 Å². The van der Waals surface area contributed by atoms with Gasteiger partial charge in [-0.05, 0) is 36.8 Å². The van der Waals surface area contributed by atoms with E-state index < -0.39 is 32.4 Å². The van der Waals surface area contributed by atoms with Crippen LogP contribution in [0.25, 0.3) is 0 Å². The molecule has 1 N–H and O–H groups in total. The fraction of sp³-hybridized carbons (Fsp3) is 0.263. The van der Waals surface area contributed by atoms with E-state index in [4.69, 9.17) is 9.47 Å². The zero-order chi connectivity index (χ0) is 19.4. The van der Waals surface area contributed by atoms with E-state index in [9.17, 15) is 23.6 Å². The standard InChI is InChI=1S/C19H15NO6S/c1-11-2-5-13(6-3-11)27(23,24)17-16(19(17,9-20)18(21)22)12-4-7-14-15(8-12)26-10-25-14/h2-8,16-17H,10H2,1H3,(H,21,22). The van der Waals surface area contributed by atoms with Crippen LogP contribution in [0, 0.1) is 23.7 Å². The van der Waals surface area contributed by atoms with Crippen LogP contribution < -0.4 is 9.47 Å². The molecule has 2 aliphatic rings. The van der Waals surface area contributed by atoms with Gasteiger partial charge in [-0.2, -0.15) is 5.26 Å². The van der Waals surface area contributed by atoms with E-state index in [-0.39, 0.29) is 11.7 Å². The van der Waals surface area contributed by atoms with Crippen LogP contribution >= 0.6 is 0 Å². The molecule has 1 heterocycles. The summed E-state index contributed by atoms with van der Waals surface area (Å²) in [6.45, 7) is 1.86. The minimum Gasteiger partial charge on any atom is -0.480 e. The Bertz CT molecular complexity index is 1090. The van der Waals surface area contributed by atoms with Crippen LogP contribution in [0.5, 0.6) is 11.5 Å². The number of fused-ring (bicyclic) bond motifs is 1. The number of rotatable bonds is 4. The molecule has 4 rings (SSSR count). The minimum atomic E-state index is -4.03. The van der Waals surface area contributed by atoms with Crippen LogP contribution in [0.2, 0.25) is 0 Å². The van der Waals surface area contributed by atoms with Crippen molar-refractivity contribution in [3.63, 3.8) is 0 Å². The van der Waals surface area contributed by atoms with Crippen molar-refractivity contribution < 1.29 is 27.8 Å². The molecule has 3 atom stereocenters. The average molecular weight is 385 g/mol. The highest BCUT2D eigenvalue weighted by Gasteiger charge is 2.77. The lowest BCUT2D eigenvalue weighted by molar-refractivity contribution is -0.141. The van der Waals surface area contributed by atoms with Gasteiger partial charge in [-0.25, -0.2) is 8.42 Å². The minimum absolute atomic E-state index is 0.00205. The molecule has 1 aliphatic heterocycles. The number of carbonyl (C=O) groups is 1. The zero-order valence-electron chi connectivity index (χ0n) is 14.2.